The van der Waals surface area contributed by atoms with Crippen LogP contribution >= 0.6 is 11.8 Å². The highest BCUT2D eigenvalue weighted by Gasteiger charge is 2.39. The van der Waals surface area contributed by atoms with E-state index in [1.165, 1.54) is 0 Å². The normalized spacial score (nSPS) is 29.2. The van der Waals surface area contributed by atoms with Gasteiger partial charge in [-0.25, -0.2) is 0 Å². The van der Waals surface area contributed by atoms with E-state index in [1.54, 1.807) is 0 Å². The van der Waals surface area contributed by atoms with Crippen LogP contribution in [0.1, 0.15) is 13.3 Å². The number of morpholine rings is 1. The van der Waals surface area contributed by atoms with E-state index in [1.807, 2.05) is 47.9 Å². The highest BCUT2D eigenvalue weighted by atomic mass is 32.2. The molecule has 3 atom stereocenters. The predicted octanol–water partition coefficient (Wildman–Crippen LogP) is 1.88. The summed E-state index contributed by atoms with van der Waals surface area (Å²) in [6, 6.07) is 7.78. The summed E-state index contributed by atoms with van der Waals surface area (Å²) >= 11 is 1.95. The van der Waals surface area contributed by atoms with Crippen molar-refractivity contribution in [1.82, 2.24) is 9.80 Å². The van der Waals surface area contributed by atoms with Gasteiger partial charge in [0.1, 0.15) is 6.10 Å². The average molecular weight is 393 g/mol. The molecule has 1 aromatic rings. The Morgan fingerprint density at radius 3 is 2.67 bits per heavy atom. The Balaban J connectivity index is 1.49. The lowest BCUT2D eigenvalue weighted by atomic mass is 10.1. The van der Waals surface area contributed by atoms with Crippen LogP contribution < -0.4 is 9.47 Å². The third kappa shape index (κ3) is 4.36. The Bertz CT molecular complexity index is 653. The number of hydrogen-bond donors (Lipinski definition) is 0. The van der Waals surface area contributed by atoms with E-state index in [0.29, 0.717) is 11.5 Å². The van der Waals surface area contributed by atoms with Gasteiger partial charge in [-0.3, -0.25) is 9.69 Å². The Hall–Kier alpha value is -1.44. The number of thioether (sulfide) groups is 1. The molecule has 3 heterocycles. The molecule has 27 heavy (non-hydrogen) atoms. The lowest BCUT2D eigenvalue weighted by Crippen LogP contribution is -2.56. The van der Waals surface area contributed by atoms with Crippen LogP contribution in [0.25, 0.3) is 0 Å². The first-order valence-electron chi connectivity index (χ1n) is 9.83. The maximum absolute atomic E-state index is 13.4. The molecule has 3 aliphatic rings. The van der Waals surface area contributed by atoms with Crippen LogP contribution in [-0.4, -0.2) is 84.9 Å². The summed E-state index contributed by atoms with van der Waals surface area (Å²) in [5.41, 5.74) is 0. The number of carbonyl (C=O) groups is 1. The molecule has 6 nitrogen and oxygen atoms in total. The van der Waals surface area contributed by atoms with Crippen molar-refractivity contribution in [2.75, 3.05) is 50.9 Å². The number of fused-ring (bicyclic) bond motifs is 1. The largest absolute Gasteiger partial charge is 0.482 e. The molecule has 2 saturated heterocycles. The molecule has 3 aliphatic heterocycles. The van der Waals surface area contributed by atoms with Crippen molar-refractivity contribution in [2.24, 2.45) is 0 Å². The molecule has 0 spiro atoms. The van der Waals surface area contributed by atoms with Crippen molar-refractivity contribution in [1.29, 1.82) is 0 Å². The number of hydrogen-bond acceptors (Lipinski definition) is 6. The molecule has 0 saturated carbocycles. The first-order chi connectivity index (χ1) is 13.2. The molecule has 0 N–H and O–H groups in total. The molecule has 4 rings (SSSR count). The van der Waals surface area contributed by atoms with Gasteiger partial charge in [-0.05, 0) is 31.2 Å². The second-order valence-corrected chi connectivity index (χ2v) is 8.48. The second-order valence-electron chi connectivity index (χ2n) is 7.34. The van der Waals surface area contributed by atoms with E-state index in [-0.39, 0.29) is 18.1 Å². The van der Waals surface area contributed by atoms with Crippen LogP contribution in [0, 0.1) is 0 Å². The van der Waals surface area contributed by atoms with E-state index >= 15 is 0 Å². The zero-order valence-corrected chi connectivity index (χ0v) is 16.7. The molecule has 3 unspecified atom stereocenters. The molecule has 148 valence electrons. The van der Waals surface area contributed by atoms with Gasteiger partial charge in [0.15, 0.2) is 11.5 Å². The molecule has 0 bridgehead atoms. The third-order valence-electron chi connectivity index (χ3n) is 5.38. The van der Waals surface area contributed by atoms with Crippen molar-refractivity contribution in [2.45, 2.75) is 31.6 Å². The van der Waals surface area contributed by atoms with E-state index in [9.17, 15) is 4.79 Å². The highest BCUT2D eigenvalue weighted by molar-refractivity contribution is 7.99. The second kappa shape index (κ2) is 8.71. The fraction of sp³-hybridized carbons (Fsp3) is 0.650. The van der Waals surface area contributed by atoms with Crippen LogP contribution in [0.15, 0.2) is 24.3 Å². The maximum atomic E-state index is 13.4. The van der Waals surface area contributed by atoms with Gasteiger partial charge in [0.2, 0.25) is 6.10 Å². The quantitative estimate of drug-likeness (QED) is 0.783. The Morgan fingerprint density at radius 2 is 1.89 bits per heavy atom. The molecule has 2 fully saturated rings. The number of benzene rings is 1. The van der Waals surface area contributed by atoms with Crippen LogP contribution in [-0.2, 0) is 9.53 Å². The van der Waals surface area contributed by atoms with Gasteiger partial charge in [-0.1, -0.05) is 12.1 Å². The minimum absolute atomic E-state index is 0.0535. The Labute approximate surface area is 165 Å². The zero-order valence-electron chi connectivity index (χ0n) is 15.8. The zero-order chi connectivity index (χ0) is 18.6. The van der Waals surface area contributed by atoms with Crippen LogP contribution in [0.4, 0.5) is 0 Å². The smallest absolute Gasteiger partial charge is 0.267 e. The number of amides is 1. The van der Waals surface area contributed by atoms with Gasteiger partial charge in [0, 0.05) is 31.9 Å². The summed E-state index contributed by atoms with van der Waals surface area (Å²) in [4.78, 5) is 17.9. The van der Waals surface area contributed by atoms with Crippen molar-refractivity contribution in [3.63, 3.8) is 0 Å². The minimum Gasteiger partial charge on any atom is -0.482 e. The fourth-order valence-electron chi connectivity index (χ4n) is 3.91. The van der Waals surface area contributed by atoms with E-state index < -0.39 is 6.10 Å². The van der Waals surface area contributed by atoms with Crippen molar-refractivity contribution < 1.29 is 19.0 Å². The van der Waals surface area contributed by atoms with Gasteiger partial charge in [0.05, 0.1) is 19.3 Å². The lowest BCUT2D eigenvalue weighted by Gasteiger charge is -2.39. The van der Waals surface area contributed by atoms with E-state index in [2.05, 4.69) is 4.90 Å². The molecule has 0 radical (unpaired) electrons. The van der Waals surface area contributed by atoms with Crippen LogP contribution in [0.3, 0.4) is 0 Å². The van der Waals surface area contributed by atoms with Crippen molar-refractivity contribution >= 4 is 17.7 Å². The van der Waals surface area contributed by atoms with Crippen LogP contribution in [0.2, 0.25) is 0 Å². The monoisotopic (exact) mass is 392 g/mol. The standard InChI is InChI=1S/C20H28N2O4S/c1-15-19(26-18-6-3-2-5-17(18)25-15)20(23)22-7-4-12-27-14-16(22)13-21-8-10-24-11-9-21/h2-3,5-6,15-16,19H,4,7-14H2,1H3. The topological polar surface area (TPSA) is 51.2 Å². The van der Waals surface area contributed by atoms with E-state index in [4.69, 9.17) is 14.2 Å². The summed E-state index contributed by atoms with van der Waals surface area (Å²) < 4.78 is 17.5. The lowest BCUT2D eigenvalue weighted by molar-refractivity contribution is -0.146. The molecule has 7 heteroatoms. The van der Waals surface area contributed by atoms with Crippen molar-refractivity contribution in [3.05, 3.63) is 24.3 Å². The third-order valence-corrected chi connectivity index (χ3v) is 6.58. The maximum Gasteiger partial charge on any atom is 0.267 e. The van der Waals surface area contributed by atoms with Gasteiger partial charge in [-0.15, -0.1) is 0 Å². The SMILES string of the molecule is CC1Oc2ccccc2OC1C(=O)N1CCCSCC1CN1CCOCC1. The predicted molar refractivity (Wildman–Crippen MR) is 106 cm³/mol. The van der Waals surface area contributed by atoms with Gasteiger partial charge in [0.25, 0.3) is 5.91 Å². The fourth-order valence-corrected chi connectivity index (χ4v) is 4.96. The Morgan fingerprint density at radius 1 is 1.15 bits per heavy atom. The first-order valence-corrected chi connectivity index (χ1v) is 11.0. The molecular formula is C20H28N2O4S. The number of nitrogens with zero attached hydrogens (tertiary/aromatic N) is 2. The number of para-hydroxylation sites is 2. The van der Waals surface area contributed by atoms with Gasteiger partial charge < -0.3 is 19.1 Å². The van der Waals surface area contributed by atoms with Crippen LogP contribution in [0.5, 0.6) is 11.5 Å². The molecule has 1 aromatic carbocycles. The minimum atomic E-state index is -0.588. The summed E-state index contributed by atoms with van der Waals surface area (Å²) in [5.74, 6) is 3.50. The number of carbonyl (C=O) groups excluding carboxylic acids is 1. The Kier molecular flexibility index (Phi) is 6.10. The summed E-state index contributed by atoms with van der Waals surface area (Å²) in [6.07, 6.45) is 0.136. The molecule has 0 aliphatic carbocycles. The first kappa shape index (κ1) is 18.9. The number of ether oxygens (including phenoxy) is 3. The summed E-state index contributed by atoms with van der Waals surface area (Å²) in [5, 5.41) is 0. The van der Waals surface area contributed by atoms with Gasteiger partial charge in [-0.2, -0.15) is 11.8 Å². The number of rotatable bonds is 3. The summed E-state index contributed by atoms with van der Waals surface area (Å²) in [6.45, 7) is 7.05. The van der Waals surface area contributed by atoms with Gasteiger partial charge >= 0.3 is 0 Å². The molecular weight excluding hydrogens is 364 g/mol. The van der Waals surface area contributed by atoms with Crippen molar-refractivity contribution in [3.8, 4) is 11.5 Å². The highest BCUT2D eigenvalue weighted by Crippen LogP contribution is 2.34. The summed E-state index contributed by atoms with van der Waals surface area (Å²) in [7, 11) is 0. The molecule has 0 aromatic heterocycles. The van der Waals surface area contributed by atoms with E-state index in [0.717, 1.165) is 57.3 Å². The molecule has 1 amide bonds. The average Bonchev–Trinajstić information content (AvgIpc) is 2.93.